The minimum atomic E-state index is -0.628. The van der Waals surface area contributed by atoms with Gasteiger partial charge in [-0.1, -0.05) is 18.2 Å². The second-order valence-electron chi connectivity index (χ2n) is 8.03. The van der Waals surface area contributed by atoms with Crippen LogP contribution in [0, 0.1) is 35.5 Å². The number of rotatable bonds is 3. The molecule has 7 rings (SSSR count). The van der Waals surface area contributed by atoms with Crippen molar-refractivity contribution in [1.29, 1.82) is 0 Å². The third kappa shape index (κ3) is 2.06. The molecule has 2 aromatic rings. The Labute approximate surface area is 160 Å². The van der Waals surface area contributed by atoms with Crippen LogP contribution >= 0.6 is 0 Å². The second-order valence-corrected chi connectivity index (χ2v) is 8.03. The van der Waals surface area contributed by atoms with Gasteiger partial charge in [0.2, 0.25) is 17.6 Å². The van der Waals surface area contributed by atoms with Gasteiger partial charge < -0.3 is 9.15 Å². The lowest BCUT2D eigenvalue weighted by molar-refractivity contribution is -0.124. The highest BCUT2D eigenvalue weighted by molar-refractivity contribution is 6.22. The number of carbonyl (C=O) groups excluding carboxylic acids is 3. The van der Waals surface area contributed by atoms with Crippen molar-refractivity contribution < 1.29 is 23.5 Å². The van der Waals surface area contributed by atoms with E-state index in [1.54, 1.807) is 30.3 Å². The molecule has 1 aliphatic heterocycles. The van der Waals surface area contributed by atoms with Crippen LogP contribution in [-0.4, -0.2) is 17.8 Å². The van der Waals surface area contributed by atoms with Gasteiger partial charge in [0.05, 0.1) is 23.8 Å². The molecular weight excluding hydrogens is 358 g/mol. The summed E-state index contributed by atoms with van der Waals surface area (Å²) < 4.78 is 10.4. The number of nitrogens with zero attached hydrogens (tertiary/aromatic N) is 1. The Morgan fingerprint density at radius 1 is 1.00 bits per heavy atom. The molecule has 2 bridgehead atoms. The van der Waals surface area contributed by atoms with E-state index in [0.29, 0.717) is 17.5 Å². The van der Waals surface area contributed by atoms with Crippen LogP contribution in [0.1, 0.15) is 17.0 Å². The number of furan rings is 1. The van der Waals surface area contributed by atoms with Crippen molar-refractivity contribution in [2.24, 2.45) is 35.5 Å². The van der Waals surface area contributed by atoms with Gasteiger partial charge in [0.1, 0.15) is 5.75 Å². The Balaban J connectivity index is 1.30. The maximum absolute atomic E-state index is 13.2. The average Bonchev–Trinajstić information content (AvgIpc) is 3.26. The number of hydrogen-bond donors (Lipinski definition) is 0. The molecule has 0 unspecified atom stereocenters. The van der Waals surface area contributed by atoms with E-state index in [1.807, 2.05) is 0 Å². The van der Waals surface area contributed by atoms with Gasteiger partial charge in [0.15, 0.2) is 0 Å². The van der Waals surface area contributed by atoms with Crippen molar-refractivity contribution in [1.82, 2.24) is 0 Å². The van der Waals surface area contributed by atoms with Crippen molar-refractivity contribution >= 4 is 23.5 Å². The molecule has 3 fully saturated rings. The number of amides is 2. The molecule has 0 N–H and O–H groups in total. The Hall–Kier alpha value is -3.15. The summed E-state index contributed by atoms with van der Waals surface area (Å²) in [6, 6.07) is 9.66. The molecule has 1 aromatic carbocycles. The highest BCUT2D eigenvalue weighted by Crippen LogP contribution is 2.65. The lowest BCUT2D eigenvalue weighted by Gasteiger charge is -2.37. The third-order valence-corrected chi connectivity index (χ3v) is 6.67. The fourth-order valence-electron chi connectivity index (χ4n) is 5.45. The van der Waals surface area contributed by atoms with E-state index >= 15 is 0 Å². The molecule has 2 heterocycles. The molecule has 6 nitrogen and oxygen atoms in total. The van der Waals surface area contributed by atoms with Crippen LogP contribution in [-0.2, 0) is 9.59 Å². The molecule has 0 spiro atoms. The molecule has 1 aromatic heterocycles. The van der Waals surface area contributed by atoms with Gasteiger partial charge in [0, 0.05) is 6.07 Å². The molecular formula is C22H17NO5. The molecule has 140 valence electrons. The molecule has 28 heavy (non-hydrogen) atoms. The molecule has 1 saturated heterocycles. The summed E-state index contributed by atoms with van der Waals surface area (Å²) in [4.78, 5) is 39.7. The summed E-state index contributed by atoms with van der Waals surface area (Å²) in [7, 11) is 0. The first-order chi connectivity index (χ1) is 13.6. The number of allylic oxidation sites excluding steroid dienone is 2. The predicted octanol–water partition coefficient (Wildman–Crippen LogP) is 3.06. The number of imide groups is 1. The zero-order valence-corrected chi connectivity index (χ0v) is 14.9. The van der Waals surface area contributed by atoms with Gasteiger partial charge in [0.25, 0.3) is 0 Å². The highest BCUT2D eigenvalue weighted by Gasteiger charge is 2.67. The monoisotopic (exact) mass is 375 g/mol. The summed E-state index contributed by atoms with van der Waals surface area (Å²) in [6.07, 6.45) is 6.82. The maximum atomic E-state index is 13.2. The normalized spacial score (nSPS) is 34.4. The second kappa shape index (κ2) is 5.44. The zero-order valence-electron chi connectivity index (χ0n) is 14.9. The van der Waals surface area contributed by atoms with Crippen LogP contribution in [0.25, 0.3) is 0 Å². The number of ether oxygens (including phenoxy) is 1. The first-order valence-electron chi connectivity index (χ1n) is 9.55. The van der Waals surface area contributed by atoms with Crippen molar-refractivity contribution in [2.75, 3.05) is 4.90 Å². The molecule has 0 radical (unpaired) electrons. The van der Waals surface area contributed by atoms with E-state index in [4.69, 9.17) is 9.15 Å². The van der Waals surface area contributed by atoms with Crippen molar-refractivity contribution in [2.45, 2.75) is 6.42 Å². The molecule has 6 heteroatoms. The standard InChI is InChI=1S/C22H17NO5/c24-20-18-13-6-7-14(16-10-15(13)16)19(18)21(25)23(20)11-3-1-4-12(9-11)28-22(26)17-5-2-8-27-17/h1-9,13-16,18-19H,10H2/t13-,14-,15-,16-,18+,19+/m1/s1. The van der Waals surface area contributed by atoms with Gasteiger partial charge in [-0.15, -0.1) is 0 Å². The van der Waals surface area contributed by atoms with E-state index in [0.717, 1.165) is 6.42 Å². The minimum Gasteiger partial charge on any atom is -0.457 e. The maximum Gasteiger partial charge on any atom is 0.379 e. The smallest absolute Gasteiger partial charge is 0.379 e. The van der Waals surface area contributed by atoms with Crippen molar-refractivity contribution in [3.05, 3.63) is 60.6 Å². The van der Waals surface area contributed by atoms with Gasteiger partial charge in [-0.2, -0.15) is 0 Å². The third-order valence-electron chi connectivity index (χ3n) is 6.67. The minimum absolute atomic E-state index is 0.0895. The Bertz CT molecular complexity index is 1000. The fraction of sp³-hybridized carbons (Fsp3) is 0.318. The van der Waals surface area contributed by atoms with Crippen LogP contribution in [0.5, 0.6) is 5.75 Å². The fourth-order valence-corrected chi connectivity index (χ4v) is 5.45. The summed E-state index contributed by atoms with van der Waals surface area (Å²) in [6.45, 7) is 0. The van der Waals surface area contributed by atoms with E-state index in [9.17, 15) is 14.4 Å². The van der Waals surface area contributed by atoms with Gasteiger partial charge >= 0.3 is 5.97 Å². The molecule has 6 atom stereocenters. The largest absolute Gasteiger partial charge is 0.457 e. The molecule has 2 amide bonds. The van der Waals surface area contributed by atoms with Crippen LogP contribution in [0.4, 0.5) is 5.69 Å². The molecule has 2 saturated carbocycles. The number of anilines is 1. The highest BCUT2D eigenvalue weighted by atomic mass is 16.5. The SMILES string of the molecule is O=C(Oc1cccc(N2C(=O)[C@H]3[C@@H]4C=C[C@H]([C@H]5C[C@H]45)[C@@H]3C2=O)c1)c1ccco1. The van der Waals surface area contributed by atoms with E-state index in [-0.39, 0.29) is 47.0 Å². The quantitative estimate of drug-likeness (QED) is 0.357. The topological polar surface area (TPSA) is 76.8 Å². The summed E-state index contributed by atoms with van der Waals surface area (Å²) >= 11 is 0. The Morgan fingerprint density at radius 2 is 1.71 bits per heavy atom. The predicted molar refractivity (Wildman–Crippen MR) is 97.3 cm³/mol. The van der Waals surface area contributed by atoms with E-state index < -0.39 is 5.97 Å². The first kappa shape index (κ1) is 15.9. The zero-order chi connectivity index (χ0) is 19.0. The van der Waals surface area contributed by atoms with E-state index in [2.05, 4.69) is 12.2 Å². The summed E-state index contributed by atoms with van der Waals surface area (Å²) in [5.41, 5.74) is 0.446. The number of hydrogen-bond acceptors (Lipinski definition) is 5. The number of benzene rings is 1. The van der Waals surface area contributed by atoms with Gasteiger partial charge in [-0.25, -0.2) is 9.69 Å². The van der Waals surface area contributed by atoms with E-state index in [1.165, 1.54) is 17.2 Å². The lowest BCUT2D eigenvalue weighted by Crippen LogP contribution is -2.40. The first-order valence-corrected chi connectivity index (χ1v) is 9.55. The summed E-state index contributed by atoms with van der Waals surface area (Å²) in [5.74, 6) is 0.455. The van der Waals surface area contributed by atoms with Gasteiger partial charge in [-0.3, -0.25) is 9.59 Å². The van der Waals surface area contributed by atoms with Crippen LogP contribution in [0.2, 0.25) is 0 Å². The average molecular weight is 375 g/mol. The van der Waals surface area contributed by atoms with Gasteiger partial charge in [-0.05, 0) is 54.4 Å². The Morgan fingerprint density at radius 3 is 2.36 bits per heavy atom. The van der Waals surface area contributed by atoms with Crippen molar-refractivity contribution in [3.8, 4) is 5.75 Å². The molecule has 5 aliphatic rings. The summed E-state index contributed by atoms with van der Waals surface area (Å²) in [5, 5.41) is 0. The Kier molecular flexibility index (Phi) is 3.08. The van der Waals surface area contributed by atoms with Crippen LogP contribution < -0.4 is 9.64 Å². The lowest BCUT2D eigenvalue weighted by atomic mass is 9.63. The molecule has 4 aliphatic carbocycles. The van der Waals surface area contributed by atoms with Crippen LogP contribution in [0.15, 0.2) is 59.2 Å². The van der Waals surface area contributed by atoms with Crippen molar-refractivity contribution in [3.63, 3.8) is 0 Å². The van der Waals surface area contributed by atoms with Crippen LogP contribution in [0.3, 0.4) is 0 Å². The number of esters is 1. The number of carbonyl (C=O) groups is 3.